The molecule has 1 fully saturated rings. The molecule has 0 aromatic carbocycles. The van der Waals surface area contributed by atoms with Crippen molar-refractivity contribution in [3.8, 4) is 0 Å². The summed E-state index contributed by atoms with van der Waals surface area (Å²) in [6.07, 6.45) is 4.73. The van der Waals surface area contributed by atoms with Crippen molar-refractivity contribution in [3.05, 3.63) is 11.4 Å². The van der Waals surface area contributed by atoms with Crippen molar-refractivity contribution in [1.29, 1.82) is 0 Å². The summed E-state index contributed by atoms with van der Waals surface area (Å²) in [7, 11) is 0. The maximum absolute atomic E-state index is 4.72. The number of hydrogen-bond donors (Lipinski definition) is 2. The third-order valence-corrected chi connectivity index (χ3v) is 4.61. The first-order chi connectivity index (χ1) is 10.0. The molecule has 0 radical (unpaired) electrons. The molecular formula is C17H30N4. The van der Waals surface area contributed by atoms with Gasteiger partial charge in [-0.1, -0.05) is 20.8 Å². The first-order valence-corrected chi connectivity index (χ1v) is 8.43. The van der Waals surface area contributed by atoms with Gasteiger partial charge in [-0.25, -0.2) is 9.97 Å². The number of anilines is 2. The molecule has 3 unspecified atom stereocenters. The lowest BCUT2D eigenvalue weighted by molar-refractivity contribution is 0.276. The zero-order valence-electron chi connectivity index (χ0n) is 14.2. The van der Waals surface area contributed by atoms with Gasteiger partial charge < -0.3 is 10.6 Å². The summed E-state index contributed by atoms with van der Waals surface area (Å²) in [5, 5.41) is 7.06. The molecule has 3 atom stereocenters. The molecule has 2 rings (SSSR count). The SMILES string of the molecule is CCNc1nc(CC)nc(NC2CCC(C)CC2C)c1C. The van der Waals surface area contributed by atoms with Crippen LogP contribution in [0.3, 0.4) is 0 Å². The maximum Gasteiger partial charge on any atom is 0.135 e. The Hall–Kier alpha value is -1.32. The van der Waals surface area contributed by atoms with Gasteiger partial charge in [0.15, 0.2) is 0 Å². The summed E-state index contributed by atoms with van der Waals surface area (Å²) < 4.78 is 0. The molecule has 1 heterocycles. The van der Waals surface area contributed by atoms with Crippen molar-refractivity contribution in [2.75, 3.05) is 17.2 Å². The second-order valence-corrected chi connectivity index (χ2v) is 6.49. The van der Waals surface area contributed by atoms with E-state index in [2.05, 4.69) is 50.2 Å². The van der Waals surface area contributed by atoms with Crippen LogP contribution in [0.2, 0.25) is 0 Å². The van der Waals surface area contributed by atoms with E-state index in [1.807, 2.05) is 0 Å². The van der Waals surface area contributed by atoms with Crippen LogP contribution in [-0.4, -0.2) is 22.6 Å². The minimum absolute atomic E-state index is 0.536. The highest BCUT2D eigenvalue weighted by Gasteiger charge is 2.26. The Kier molecular flexibility index (Phi) is 5.43. The molecule has 0 saturated heterocycles. The lowest BCUT2D eigenvalue weighted by atomic mass is 9.80. The van der Waals surface area contributed by atoms with Gasteiger partial charge in [0.2, 0.25) is 0 Å². The molecule has 1 aliphatic carbocycles. The molecule has 2 N–H and O–H groups in total. The molecule has 1 aliphatic rings. The summed E-state index contributed by atoms with van der Waals surface area (Å²) in [6, 6.07) is 0.536. The fourth-order valence-electron chi connectivity index (χ4n) is 3.26. The van der Waals surface area contributed by atoms with Crippen molar-refractivity contribution < 1.29 is 0 Å². The van der Waals surface area contributed by atoms with Crippen molar-refractivity contribution >= 4 is 11.6 Å². The van der Waals surface area contributed by atoms with Crippen molar-refractivity contribution in [1.82, 2.24) is 9.97 Å². The number of rotatable bonds is 5. The predicted molar refractivity (Wildman–Crippen MR) is 89.9 cm³/mol. The maximum atomic E-state index is 4.72. The second-order valence-electron chi connectivity index (χ2n) is 6.49. The molecule has 0 amide bonds. The highest BCUT2D eigenvalue weighted by atomic mass is 15.1. The van der Waals surface area contributed by atoms with Crippen LogP contribution in [0.15, 0.2) is 0 Å². The van der Waals surface area contributed by atoms with Crippen molar-refractivity contribution in [3.63, 3.8) is 0 Å². The van der Waals surface area contributed by atoms with Crippen LogP contribution in [0.5, 0.6) is 0 Å². The Balaban J connectivity index is 2.20. The lowest BCUT2D eigenvalue weighted by Crippen LogP contribution is -2.33. The number of aromatic nitrogens is 2. The van der Waals surface area contributed by atoms with Gasteiger partial charge in [0.05, 0.1) is 0 Å². The van der Waals surface area contributed by atoms with Gasteiger partial charge in [0.1, 0.15) is 17.5 Å². The van der Waals surface area contributed by atoms with E-state index in [0.717, 1.165) is 41.9 Å². The lowest BCUT2D eigenvalue weighted by Gasteiger charge is -2.34. The Morgan fingerprint density at radius 1 is 1.10 bits per heavy atom. The topological polar surface area (TPSA) is 49.8 Å². The van der Waals surface area contributed by atoms with Gasteiger partial charge in [0, 0.05) is 24.6 Å². The van der Waals surface area contributed by atoms with Gasteiger partial charge in [-0.3, -0.25) is 0 Å². The fraction of sp³-hybridized carbons (Fsp3) is 0.765. The Morgan fingerprint density at radius 3 is 2.43 bits per heavy atom. The molecule has 1 saturated carbocycles. The van der Waals surface area contributed by atoms with E-state index in [0.29, 0.717) is 12.0 Å². The van der Waals surface area contributed by atoms with E-state index < -0.39 is 0 Å². The Labute approximate surface area is 129 Å². The van der Waals surface area contributed by atoms with Crippen LogP contribution in [0.1, 0.15) is 58.3 Å². The van der Waals surface area contributed by atoms with E-state index in [1.54, 1.807) is 0 Å². The summed E-state index contributed by atoms with van der Waals surface area (Å²) in [6.45, 7) is 11.9. The van der Waals surface area contributed by atoms with Gasteiger partial charge in [-0.2, -0.15) is 0 Å². The zero-order valence-corrected chi connectivity index (χ0v) is 14.2. The highest BCUT2D eigenvalue weighted by molar-refractivity contribution is 5.57. The Morgan fingerprint density at radius 2 is 1.81 bits per heavy atom. The van der Waals surface area contributed by atoms with Crippen LogP contribution in [0, 0.1) is 18.8 Å². The average Bonchev–Trinajstić information content (AvgIpc) is 2.46. The molecule has 4 heteroatoms. The third kappa shape index (κ3) is 3.86. The van der Waals surface area contributed by atoms with Gasteiger partial charge in [0.25, 0.3) is 0 Å². The molecule has 118 valence electrons. The van der Waals surface area contributed by atoms with Crippen LogP contribution in [0.25, 0.3) is 0 Å². The van der Waals surface area contributed by atoms with Crippen LogP contribution in [0.4, 0.5) is 11.6 Å². The minimum Gasteiger partial charge on any atom is -0.370 e. The van der Waals surface area contributed by atoms with Crippen LogP contribution in [-0.2, 0) is 6.42 Å². The monoisotopic (exact) mass is 290 g/mol. The van der Waals surface area contributed by atoms with Crippen LogP contribution >= 0.6 is 0 Å². The predicted octanol–water partition coefficient (Wildman–Crippen LogP) is 4.02. The summed E-state index contributed by atoms with van der Waals surface area (Å²) in [5.74, 6) is 4.47. The molecule has 0 bridgehead atoms. The Bertz CT molecular complexity index is 472. The molecule has 1 aromatic rings. The summed E-state index contributed by atoms with van der Waals surface area (Å²) >= 11 is 0. The molecule has 4 nitrogen and oxygen atoms in total. The minimum atomic E-state index is 0.536. The summed E-state index contributed by atoms with van der Waals surface area (Å²) in [4.78, 5) is 9.32. The number of hydrogen-bond acceptors (Lipinski definition) is 4. The van der Waals surface area contributed by atoms with Crippen LogP contribution < -0.4 is 10.6 Å². The summed E-state index contributed by atoms with van der Waals surface area (Å²) in [5.41, 5.74) is 1.14. The molecule has 0 aliphatic heterocycles. The molecule has 0 spiro atoms. The first kappa shape index (κ1) is 16.1. The van der Waals surface area contributed by atoms with E-state index >= 15 is 0 Å². The standard InChI is InChI=1S/C17H30N4/c1-6-15-20-16(18-7-2)13(5)17(21-15)19-14-9-8-11(3)10-12(14)4/h11-12,14H,6-10H2,1-5H3,(H2,18,19,20,21). The highest BCUT2D eigenvalue weighted by Crippen LogP contribution is 2.31. The quantitative estimate of drug-likeness (QED) is 0.860. The smallest absolute Gasteiger partial charge is 0.135 e. The van der Waals surface area contributed by atoms with Gasteiger partial charge in [-0.05, 0) is 44.9 Å². The number of aryl methyl sites for hydroxylation is 1. The normalized spacial score (nSPS) is 25.7. The molecule has 1 aromatic heterocycles. The number of nitrogens with one attached hydrogen (secondary N) is 2. The molecular weight excluding hydrogens is 260 g/mol. The number of nitrogens with zero attached hydrogens (tertiary/aromatic N) is 2. The first-order valence-electron chi connectivity index (χ1n) is 8.43. The van der Waals surface area contributed by atoms with Gasteiger partial charge in [-0.15, -0.1) is 0 Å². The third-order valence-electron chi connectivity index (χ3n) is 4.61. The molecule has 21 heavy (non-hydrogen) atoms. The van der Waals surface area contributed by atoms with E-state index in [4.69, 9.17) is 4.98 Å². The average molecular weight is 290 g/mol. The fourth-order valence-corrected chi connectivity index (χ4v) is 3.26. The second kappa shape index (κ2) is 7.10. The van der Waals surface area contributed by atoms with Gasteiger partial charge >= 0.3 is 0 Å². The van der Waals surface area contributed by atoms with Crippen molar-refractivity contribution in [2.45, 2.75) is 66.3 Å². The van der Waals surface area contributed by atoms with E-state index in [1.165, 1.54) is 19.3 Å². The van der Waals surface area contributed by atoms with Crippen molar-refractivity contribution in [2.24, 2.45) is 11.8 Å². The van der Waals surface area contributed by atoms with E-state index in [-0.39, 0.29) is 0 Å². The van der Waals surface area contributed by atoms with E-state index in [9.17, 15) is 0 Å². The largest absolute Gasteiger partial charge is 0.370 e. The zero-order chi connectivity index (χ0) is 15.4.